The molecular weight excluding hydrogens is 420 g/mol. The average molecular weight is 440 g/mol. The fourth-order valence-corrected chi connectivity index (χ4v) is 4.08. The molecule has 1 N–H and O–H groups in total. The van der Waals surface area contributed by atoms with Crippen LogP contribution in [-0.2, 0) is 16.1 Å². The van der Waals surface area contributed by atoms with E-state index in [9.17, 15) is 14.4 Å². The number of esters is 1. The van der Waals surface area contributed by atoms with Crippen LogP contribution in [0.4, 0.5) is 5.69 Å². The van der Waals surface area contributed by atoms with Gasteiger partial charge in [-0.15, -0.1) is 0 Å². The van der Waals surface area contributed by atoms with Crippen molar-refractivity contribution in [2.45, 2.75) is 13.5 Å². The van der Waals surface area contributed by atoms with Gasteiger partial charge in [-0.2, -0.15) is 0 Å². The molecule has 0 aliphatic rings. The van der Waals surface area contributed by atoms with Gasteiger partial charge in [0.2, 0.25) is 0 Å². The van der Waals surface area contributed by atoms with Gasteiger partial charge in [0.05, 0.1) is 0 Å². The number of para-hydroxylation sites is 2. The summed E-state index contributed by atoms with van der Waals surface area (Å²) in [6.45, 7) is 2.39. The first-order valence-corrected chi connectivity index (χ1v) is 10.6. The molecule has 33 heavy (non-hydrogen) atoms. The van der Waals surface area contributed by atoms with E-state index >= 15 is 0 Å². The Balaban J connectivity index is 1.32. The molecule has 0 saturated carbocycles. The standard InChI is InChI=1S/C26H20N2O5/c1-2-28-21-9-5-4-8-18(21)19-14-17(11-12-22(19)28)27-24(29)15-32-25(30)20-13-16-7-3-6-10-23(16)33-26(20)31/h3-14H,2,15H2,1H3,(H,27,29). The van der Waals surface area contributed by atoms with Crippen molar-refractivity contribution in [3.05, 3.63) is 88.8 Å². The molecule has 0 aliphatic heterocycles. The van der Waals surface area contributed by atoms with Crippen molar-refractivity contribution in [2.75, 3.05) is 11.9 Å². The molecule has 0 atom stereocenters. The van der Waals surface area contributed by atoms with Crippen molar-refractivity contribution in [2.24, 2.45) is 0 Å². The second-order valence-corrected chi connectivity index (χ2v) is 7.60. The molecule has 5 rings (SSSR count). The number of anilines is 1. The number of carbonyl (C=O) groups excluding carboxylic acids is 2. The predicted octanol–water partition coefficient (Wildman–Crippen LogP) is 4.72. The van der Waals surface area contributed by atoms with Crippen LogP contribution in [0.25, 0.3) is 32.8 Å². The van der Waals surface area contributed by atoms with E-state index in [2.05, 4.69) is 22.9 Å². The predicted molar refractivity (Wildman–Crippen MR) is 127 cm³/mol. The first kappa shape index (κ1) is 20.5. The quantitative estimate of drug-likeness (QED) is 0.316. The Bertz CT molecular complexity index is 1600. The van der Waals surface area contributed by atoms with Crippen LogP contribution in [-0.4, -0.2) is 23.1 Å². The van der Waals surface area contributed by atoms with Crippen LogP contribution in [0.5, 0.6) is 0 Å². The molecule has 7 heteroatoms. The zero-order valence-electron chi connectivity index (χ0n) is 17.8. The monoisotopic (exact) mass is 440 g/mol. The fourth-order valence-electron chi connectivity index (χ4n) is 4.08. The topological polar surface area (TPSA) is 90.5 Å². The van der Waals surface area contributed by atoms with Crippen LogP contribution >= 0.6 is 0 Å². The molecular formula is C26H20N2O5. The number of benzene rings is 3. The summed E-state index contributed by atoms with van der Waals surface area (Å²) in [5.74, 6) is -1.42. The summed E-state index contributed by atoms with van der Waals surface area (Å²) < 4.78 is 12.4. The van der Waals surface area contributed by atoms with Gasteiger partial charge in [0.15, 0.2) is 6.61 Å². The maximum Gasteiger partial charge on any atom is 0.351 e. The maximum atomic E-state index is 12.4. The first-order chi connectivity index (χ1) is 16.0. The van der Waals surface area contributed by atoms with Crippen LogP contribution in [0.2, 0.25) is 0 Å². The number of rotatable bonds is 5. The summed E-state index contributed by atoms with van der Waals surface area (Å²) in [5.41, 5.74) is 2.10. The van der Waals surface area contributed by atoms with Gasteiger partial charge in [0.1, 0.15) is 11.1 Å². The van der Waals surface area contributed by atoms with E-state index in [4.69, 9.17) is 9.15 Å². The fraction of sp³-hybridized carbons (Fsp3) is 0.115. The summed E-state index contributed by atoms with van der Waals surface area (Å²) in [5, 5.41) is 5.46. The number of fused-ring (bicyclic) bond motifs is 4. The van der Waals surface area contributed by atoms with Crippen molar-refractivity contribution in [3.63, 3.8) is 0 Å². The van der Waals surface area contributed by atoms with E-state index in [0.717, 1.165) is 28.4 Å². The highest BCUT2D eigenvalue weighted by atomic mass is 16.5. The van der Waals surface area contributed by atoms with Gasteiger partial charge < -0.3 is 19.0 Å². The minimum Gasteiger partial charge on any atom is -0.452 e. The third-order valence-corrected chi connectivity index (χ3v) is 5.57. The number of nitrogens with one attached hydrogen (secondary N) is 1. The lowest BCUT2D eigenvalue weighted by Gasteiger charge is -2.08. The zero-order valence-corrected chi connectivity index (χ0v) is 17.8. The van der Waals surface area contributed by atoms with E-state index < -0.39 is 24.1 Å². The molecule has 2 heterocycles. The van der Waals surface area contributed by atoms with Crippen molar-refractivity contribution < 1.29 is 18.7 Å². The Morgan fingerprint density at radius 3 is 2.55 bits per heavy atom. The van der Waals surface area contributed by atoms with Crippen molar-refractivity contribution in [1.29, 1.82) is 0 Å². The SMILES string of the molecule is CCn1c2ccccc2c2cc(NC(=O)COC(=O)c3cc4ccccc4oc3=O)ccc21. The number of amides is 1. The summed E-state index contributed by atoms with van der Waals surface area (Å²) >= 11 is 0. The highest BCUT2D eigenvalue weighted by Gasteiger charge is 2.17. The van der Waals surface area contributed by atoms with E-state index in [1.54, 1.807) is 24.3 Å². The lowest BCUT2D eigenvalue weighted by Crippen LogP contribution is -2.23. The van der Waals surface area contributed by atoms with Crippen molar-refractivity contribution in [1.82, 2.24) is 4.57 Å². The summed E-state index contributed by atoms with van der Waals surface area (Å²) in [7, 11) is 0. The number of carbonyl (C=O) groups is 2. The van der Waals surface area contributed by atoms with Gasteiger partial charge in [0, 0.05) is 39.4 Å². The molecule has 0 bridgehead atoms. The first-order valence-electron chi connectivity index (χ1n) is 10.6. The van der Waals surface area contributed by atoms with Crippen molar-refractivity contribution >= 4 is 50.3 Å². The van der Waals surface area contributed by atoms with Gasteiger partial charge >= 0.3 is 11.6 Å². The molecule has 7 nitrogen and oxygen atoms in total. The average Bonchev–Trinajstić information content (AvgIpc) is 3.15. The summed E-state index contributed by atoms with van der Waals surface area (Å²) in [4.78, 5) is 36.9. The van der Waals surface area contributed by atoms with Crippen LogP contribution in [0.3, 0.4) is 0 Å². The Morgan fingerprint density at radius 1 is 0.939 bits per heavy atom. The number of nitrogens with zero attached hydrogens (tertiary/aromatic N) is 1. The molecule has 0 unspecified atom stereocenters. The molecule has 0 radical (unpaired) electrons. The number of hydrogen-bond donors (Lipinski definition) is 1. The number of hydrogen-bond acceptors (Lipinski definition) is 5. The minimum absolute atomic E-state index is 0.254. The van der Waals surface area contributed by atoms with E-state index in [1.165, 1.54) is 6.07 Å². The molecule has 0 saturated heterocycles. The zero-order chi connectivity index (χ0) is 22.9. The van der Waals surface area contributed by atoms with Crippen LogP contribution < -0.4 is 10.9 Å². The smallest absolute Gasteiger partial charge is 0.351 e. The molecule has 164 valence electrons. The molecule has 1 amide bonds. The maximum absolute atomic E-state index is 12.4. The van der Waals surface area contributed by atoms with Crippen LogP contribution in [0, 0.1) is 0 Å². The van der Waals surface area contributed by atoms with Gasteiger partial charge in [0.25, 0.3) is 5.91 Å². The van der Waals surface area contributed by atoms with E-state index in [1.807, 2.05) is 36.4 Å². The number of ether oxygens (including phenoxy) is 1. The largest absolute Gasteiger partial charge is 0.452 e. The molecule has 0 spiro atoms. The van der Waals surface area contributed by atoms with Crippen molar-refractivity contribution in [3.8, 4) is 0 Å². The van der Waals surface area contributed by atoms with E-state index in [-0.39, 0.29) is 5.56 Å². The lowest BCUT2D eigenvalue weighted by molar-refractivity contribution is -0.119. The second kappa shape index (κ2) is 8.27. The van der Waals surface area contributed by atoms with Crippen LogP contribution in [0.15, 0.2) is 82.0 Å². The van der Waals surface area contributed by atoms with E-state index in [0.29, 0.717) is 16.7 Å². The molecule has 5 aromatic rings. The second-order valence-electron chi connectivity index (χ2n) is 7.60. The third kappa shape index (κ3) is 3.74. The van der Waals surface area contributed by atoms with Gasteiger partial charge in [-0.1, -0.05) is 36.4 Å². The lowest BCUT2D eigenvalue weighted by atomic mass is 10.1. The minimum atomic E-state index is -0.911. The highest BCUT2D eigenvalue weighted by Crippen LogP contribution is 2.31. The normalized spacial score (nSPS) is 11.2. The summed E-state index contributed by atoms with van der Waals surface area (Å²) in [6, 6.07) is 22.0. The third-order valence-electron chi connectivity index (χ3n) is 5.57. The Hall–Kier alpha value is -4.39. The highest BCUT2D eigenvalue weighted by molar-refractivity contribution is 6.10. The Kier molecular flexibility index (Phi) is 5.14. The van der Waals surface area contributed by atoms with Gasteiger partial charge in [-0.3, -0.25) is 4.79 Å². The molecule has 0 aliphatic carbocycles. The molecule has 2 aromatic heterocycles. The van der Waals surface area contributed by atoms with Crippen LogP contribution in [0.1, 0.15) is 17.3 Å². The summed E-state index contributed by atoms with van der Waals surface area (Å²) in [6.07, 6.45) is 0. The Morgan fingerprint density at radius 2 is 1.70 bits per heavy atom. The van der Waals surface area contributed by atoms with Gasteiger partial charge in [-0.25, -0.2) is 9.59 Å². The van der Waals surface area contributed by atoms with Gasteiger partial charge in [-0.05, 0) is 43.3 Å². The number of aromatic nitrogens is 1. The Labute approximate surface area is 188 Å². The molecule has 0 fully saturated rings. The number of aryl methyl sites for hydroxylation is 1. The molecule has 3 aromatic carbocycles.